The lowest BCUT2D eigenvalue weighted by Gasteiger charge is -2.05. The quantitative estimate of drug-likeness (QED) is 0.534. The third-order valence-corrected chi connectivity index (χ3v) is 3.87. The second-order valence-electron chi connectivity index (χ2n) is 2.70. The molecular weight excluding hydrogens is 178 g/mol. The van der Waals surface area contributed by atoms with Crippen LogP contribution >= 0.6 is 0 Å². The van der Waals surface area contributed by atoms with Gasteiger partial charge in [-0.3, -0.25) is 4.79 Å². The predicted molar refractivity (Wildman–Crippen MR) is 42.5 cm³/mol. The van der Waals surface area contributed by atoms with E-state index in [9.17, 15) is 13.2 Å². The first-order valence-electron chi connectivity index (χ1n) is 3.49. The maximum atomic E-state index is 11.4. The first kappa shape index (κ1) is 7.54. The molecule has 4 nitrogen and oxygen atoms in total. The Morgan fingerprint density at radius 1 is 1.42 bits per heavy atom. The second-order valence-corrected chi connectivity index (χ2v) is 4.64. The first-order chi connectivity index (χ1) is 5.55. The topological polar surface area (TPSA) is 54.5 Å². The van der Waals surface area contributed by atoms with Crippen LogP contribution in [-0.2, 0) is 14.8 Å². The lowest BCUT2D eigenvalue weighted by atomic mass is 10.3. The third kappa shape index (κ3) is 0.665. The minimum absolute atomic E-state index is 0.176. The van der Waals surface area contributed by atoms with Crippen molar-refractivity contribution in [2.75, 3.05) is 7.05 Å². The molecule has 0 aromatic rings. The maximum Gasteiger partial charge on any atom is 0.268 e. The van der Waals surface area contributed by atoms with Crippen LogP contribution < -0.4 is 0 Å². The van der Waals surface area contributed by atoms with E-state index >= 15 is 0 Å². The highest BCUT2D eigenvalue weighted by Gasteiger charge is 2.42. The summed E-state index contributed by atoms with van der Waals surface area (Å²) >= 11 is 0. The van der Waals surface area contributed by atoms with Gasteiger partial charge in [0.1, 0.15) is 0 Å². The van der Waals surface area contributed by atoms with E-state index in [-0.39, 0.29) is 4.91 Å². The van der Waals surface area contributed by atoms with Crippen molar-refractivity contribution in [3.8, 4) is 0 Å². The van der Waals surface area contributed by atoms with Gasteiger partial charge in [-0.25, -0.2) is 12.7 Å². The van der Waals surface area contributed by atoms with E-state index < -0.39 is 15.9 Å². The molecule has 1 heterocycles. The molecular formula is C7H7NO3S. The average Bonchev–Trinajstić information content (AvgIpc) is 2.54. The Kier molecular flexibility index (Phi) is 1.24. The number of allylic oxidation sites excluding steroid dienone is 2. The molecule has 0 unspecified atom stereocenters. The standard InChI is InChI=1S/C7H7NO3S/c1-8-7(9)5-3-2-4-6(5)12(8,10)11/h3-4H,2H2,1H3. The van der Waals surface area contributed by atoms with Crippen LogP contribution in [0.5, 0.6) is 0 Å². The Balaban J connectivity index is 2.72. The van der Waals surface area contributed by atoms with Gasteiger partial charge >= 0.3 is 0 Å². The number of rotatable bonds is 0. The number of hydrogen-bond donors (Lipinski definition) is 0. The van der Waals surface area contributed by atoms with Gasteiger partial charge in [0.15, 0.2) is 0 Å². The summed E-state index contributed by atoms with van der Waals surface area (Å²) in [6, 6.07) is 0. The molecule has 2 rings (SSSR count). The van der Waals surface area contributed by atoms with Crippen LogP contribution in [0.25, 0.3) is 0 Å². The number of hydrogen-bond acceptors (Lipinski definition) is 3. The molecule has 0 spiro atoms. The number of nitrogens with zero attached hydrogens (tertiary/aromatic N) is 1. The highest BCUT2D eigenvalue weighted by atomic mass is 32.2. The van der Waals surface area contributed by atoms with Crippen molar-refractivity contribution < 1.29 is 13.2 Å². The summed E-state index contributed by atoms with van der Waals surface area (Å²) < 4.78 is 23.5. The molecule has 1 aliphatic heterocycles. The normalized spacial score (nSPS) is 25.4. The van der Waals surface area contributed by atoms with E-state index in [1.807, 2.05) is 0 Å². The Labute approximate surface area is 70.2 Å². The van der Waals surface area contributed by atoms with Crippen LogP contribution in [0.2, 0.25) is 0 Å². The van der Waals surface area contributed by atoms with E-state index in [0.29, 0.717) is 12.0 Å². The van der Waals surface area contributed by atoms with Gasteiger partial charge in [-0.05, 0) is 6.42 Å². The predicted octanol–water partition coefficient (Wildman–Crippen LogP) is 0.00220. The van der Waals surface area contributed by atoms with Gasteiger partial charge in [0, 0.05) is 7.05 Å². The molecule has 1 saturated heterocycles. The fourth-order valence-corrected chi connectivity index (χ4v) is 2.72. The van der Waals surface area contributed by atoms with Crippen LogP contribution in [0.15, 0.2) is 22.6 Å². The summed E-state index contributed by atoms with van der Waals surface area (Å²) in [4.78, 5) is 11.4. The maximum absolute atomic E-state index is 11.4. The summed E-state index contributed by atoms with van der Waals surface area (Å²) in [5, 5.41) is 0. The smallest absolute Gasteiger partial charge is 0.268 e. The summed E-state index contributed by atoms with van der Waals surface area (Å²) in [6.45, 7) is 0. The Morgan fingerprint density at radius 3 is 2.67 bits per heavy atom. The molecule has 5 heteroatoms. The second kappa shape index (κ2) is 1.98. The van der Waals surface area contributed by atoms with Gasteiger partial charge in [0.25, 0.3) is 15.9 Å². The van der Waals surface area contributed by atoms with Crippen molar-refractivity contribution in [3.63, 3.8) is 0 Å². The fourth-order valence-electron chi connectivity index (χ4n) is 1.36. The summed E-state index contributed by atoms with van der Waals surface area (Å²) in [5.74, 6) is -0.418. The molecule has 2 aliphatic rings. The van der Waals surface area contributed by atoms with Crippen molar-refractivity contribution in [1.82, 2.24) is 4.31 Å². The van der Waals surface area contributed by atoms with Crippen molar-refractivity contribution in [2.45, 2.75) is 6.42 Å². The van der Waals surface area contributed by atoms with Gasteiger partial charge < -0.3 is 0 Å². The number of fused-ring (bicyclic) bond motifs is 1. The molecule has 0 saturated carbocycles. The number of carbonyl (C=O) groups is 1. The number of amides is 1. The minimum Gasteiger partial charge on any atom is -0.268 e. The van der Waals surface area contributed by atoms with Gasteiger partial charge in [-0.1, -0.05) is 12.2 Å². The molecule has 64 valence electrons. The zero-order valence-electron chi connectivity index (χ0n) is 6.44. The van der Waals surface area contributed by atoms with E-state index in [1.165, 1.54) is 7.05 Å². The molecule has 0 radical (unpaired) electrons. The fraction of sp³-hybridized carbons (Fsp3) is 0.286. The molecule has 1 amide bonds. The van der Waals surface area contributed by atoms with Crippen molar-refractivity contribution in [3.05, 3.63) is 22.6 Å². The van der Waals surface area contributed by atoms with Crippen LogP contribution in [0.1, 0.15) is 6.42 Å². The van der Waals surface area contributed by atoms with Crippen molar-refractivity contribution in [1.29, 1.82) is 0 Å². The minimum atomic E-state index is -3.48. The zero-order valence-corrected chi connectivity index (χ0v) is 7.26. The third-order valence-electron chi connectivity index (χ3n) is 2.05. The molecule has 12 heavy (non-hydrogen) atoms. The van der Waals surface area contributed by atoms with Crippen LogP contribution in [0.3, 0.4) is 0 Å². The number of sulfonamides is 1. The van der Waals surface area contributed by atoms with E-state index in [0.717, 1.165) is 4.31 Å². The lowest BCUT2D eigenvalue weighted by Crippen LogP contribution is -2.24. The number of likely N-dealkylation sites (N-methyl/N-ethyl adjacent to an activating group) is 1. The Hall–Kier alpha value is -1.10. The summed E-state index contributed by atoms with van der Waals surface area (Å²) in [7, 11) is -2.20. The van der Waals surface area contributed by atoms with E-state index in [2.05, 4.69) is 0 Å². The van der Waals surface area contributed by atoms with Crippen molar-refractivity contribution >= 4 is 15.9 Å². The molecule has 0 bridgehead atoms. The molecule has 1 fully saturated rings. The van der Waals surface area contributed by atoms with Gasteiger partial charge in [-0.2, -0.15) is 0 Å². The van der Waals surface area contributed by atoms with Crippen molar-refractivity contribution in [2.24, 2.45) is 0 Å². The molecule has 0 aromatic carbocycles. The van der Waals surface area contributed by atoms with E-state index in [1.54, 1.807) is 12.2 Å². The molecule has 0 aromatic heterocycles. The highest BCUT2D eigenvalue weighted by molar-refractivity contribution is 7.94. The summed E-state index contributed by atoms with van der Waals surface area (Å²) in [5.41, 5.74) is 0.331. The highest BCUT2D eigenvalue weighted by Crippen LogP contribution is 2.34. The SMILES string of the molecule is CN1C(=O)C2=CCC=C2S1(=O)=O. The molecule has 0 atom stereocenters. The van der Waals surface area contributed by atoms with E-state index in [4.69, 9.17) is 0 Å². The van der Waals surface area contributed by atoms with Gasteiger partial charge in [0.05, 0.1) is 10.5 Å². The van der Waals surface area contributed by atoms with Gasteiger partial charge in [0.2, 0.25) is 0 Å². The Bertz CT molecular complexity index is 416. The first-order valence-corrected chi connectivity index (χ1v) is 4.93. The average molecular weight is 185 g/mol. The monoisotopic (exact) mass is 185 g/mol. The Morgan fingerprint density at radius 2 is 2.08 bits per heavy atom. The van der Waals surface area contributed by atoms with Crippen LogP contribution in [0.4, 0.5) is 0 Å². The summed E-state index contributed by atoms with van der Waals surface area (Å²) in [6.07, 6.45) is 3.74. The molecule has 0 N–H and O–H groups in total. The number of carbonyl (C=O) groups excluding carboxylic acids is 1. The van der Waals surface area contributed by atoms with Gasteiger partial charge in [-0.15, -0.1) is 0 Å². The molecule has 1 aliphatic carbocycles. The van der Waals surface area contributed by atoms with Crippen LogP contribution in [0, 0.1) is 0 Å². The lowest BCUT2D eigenvalue weighted by molar-refractivity contribution is -0.120. The largest absolute Gasteiger partial charge is 0.268 e. The van der Waals surface area contributed by atoms with Crippen LogP contribution in [-0.4, -0.2) is 25.7 Å². The zero-order chi connectivity index (χ0) is 8.93.